The van der Waals surface area contributed by atoms with Crippen molar-refractivity contribution in [2.75, 3.05) is 17.7 Å². The molecule has 0 N–H and O–H groups in total. The third-order valence-electron chi connectivity index (χ3n) is 4.42. The Morgan fingerprint density at radius 2 is 1.96 bits per heavy atom. The van der Waals surface area contributed by atoms with Crippen molar-refractivity contribution in [3.8, 4) is 0 Å². The highest BCUT2D eigenvalue weighted by atomic mass is 79.9. The molecule has 2 heterocycles. The lowest BCUT2D eigenvalue weighted by Gasteiger charge is -2.31. The highest BCUT2D eigenvalue weighted by Crippen LogP contribution is 2.35. The van der Waals surface area contributed by atoms with Gasteiger partial charge in [0.15, 0.2) is 0 Å². The molecule has 1 aromatic heterocycles. The molecule has 7 heteroatoms. The first-order chi connectivity index (χ1) is 12.0. The molecule has 4 nitrogen and oxygen atoms in total. The van der Waals surface area contributed by atoms with Crippen LogP contribution in [-0.4, -0.2) is 27.3 Å². The largest absolute Gasteiger partial charge is 0.609 e. The van der Waals surface area contributed by atoms with Gasteiger partial charge < -0.3 is 9.45 Å². The van der Waals surface area contributed by atoms with Gasteiger partial charge in [-0.05, 0) is 39.9 Å². The lowest BCUT2D eigenvalue weighted by atomic mass is 10.0. The van der Waals surface area contributed by atoms with Crippen LogP contribution in [0.25, 0.3) is 10.8 Å². The van der Waals surface area contributed by atoms with Gasteiger partial charge in [-0.25, -0.2) is 0 Å². The third-order valence-corrected chi connectivity index (χ3v) is 6.09. The van der Waals surface area contributed by atoms with Gasteiger partial charge in [-0.2, -0.15) is 9.97 Å². The standard InChI is InChI=1S/C18H15BrClN3OS/c1-25(24)18-21-14-10-23(9-8-12(14)17(19)22-18)15-7-3-5-11-4-2-6-13(20)16(11)15/h2-7H,8-10H2,1H3. The zero-order valence-electron chi connectivity index (χ0n) is 13.5. The summed E-state index contributed by atoms with van der Waals surface area (Å²) in [6.07, 6.45) is 2.42. The van der Waals surface area contributed by atoms with E-state index in [-0.39, 0.29) is 0 Å². The number of fused-ring (bicyclic) bond motifs is 2. The van der Waals surface area contributed by atoms with E-state index in [9.17, 15) is 4.55 Å². The van der Waals surface area contributed by atoms with Gasteiger partial charge in [-0.15, -0.1) is 0 Å². The molecule has 0 bridgehead atoms. The van der Waals surface area contributed by atoms with Gasteiger partial charge in [-0.1, -0.05) is 35.9 Å². The van der Waals surface area contributed by atoms with Crippen LogP contribution in [0.2, 0.25) is 5.02 Å². The van der Waals surface area contributed by atoms with E-state index in [2.05, 4.69) is 49.0 Å². The van der Waals surface area contributed by atoms with E-state index in [0.29, 0.717) is 11.7 Å². The fraction of sp³-hybridized carbons (Fsp3) is 0.222. The van der Waals surface area contributed by atoms with Crippen LogP contribution < -0.4 is 4.90 Å². The van der Waals surface area contributed by atoms with Gasteiger partial charge in [0.2, 0.25) is 0 Å². The van der Waals surface area contributed by atoms with Crippen LogP contribution in [0.4, 0.5) is 5.69 Å². The van der Waals surface area contributed by atoms with Crippen LogP contribution in [0.15, 0.2) is 46.2 Å². The summed E-state index contributed by atoms with van der Waals surface area (Å²) in [5, 5.41) is 3.29. The monoisotopic (exact) mass is 435 g/mol. The minimum absolute atomic E-state index is 0.364. The van der Waals surface area contributed by atoms with Gasteiger partial charge in [0, 0.05) is 34.4 Å². The van der Waals surface area contributed by atoms with E-state index in [1.807, 2.05) is 18.2 Å². The van der Waals surface area contributed by atoms with E-state index in [1.165, 1.54) is 0 Å². The summed E-state index contributed by atoms with van der Waals surface area (Å²) in [6.45, 7) is 1.50. The fourth-order valence-corrected chi connectivity index (χ4v) is 4.69. The van der Waals surface area contributed by atoms with Crippen LogP contribution in [0.3, 0.4) is 0 Å². The van der Waals surface area contributed by atoms with Crippen molar-refractivity contribution in [3.05, 3.63) is 57.3 Å². The first kappa shape index (κ1) is 17.1. The van der Waals surface area contributed by atoms with Crippen LogP contribution in [0.1, 0.15) is 11.3 Å². The molecular weight excluding hydrogens is 422 g/mol. The van der Waals surface area contributed by atoms with E-state index in [1.54, 1.807) is 6.26 Å². The van der Waals surface area contributed by atoms with Gasteiger partial charge in [0.25, 0.3) is 0 Å². The maximum Gasteiger partial charge on any atom is 0.343 e. The van der Waals surface area contributed by atoms with Crippen LogP contribution in [0, 0.1) is 0 Å². The maximum absolute atomic E-state index is 11.8. The lowest BCUT2D eigenvalue weighted by Crippen LogP contribution is -2.32. The van der Waals surface area contributed by atoms with Crippen molar-refractivity contribution in [2.24, 2.45) is 0 Å². The second-order valence-electron chi connectivity index (χ2n) is 5.96. The van der Waals surface area contributed by atoms with Gasteiger partial charge in [0.05, 0.1) is 17.3 Å². The van der Waals surface area contributed by atoms with Crippen molar-refractivity contribution in [1.82, 2.24) is 9.97 Å². The van der Waals surface area contributed by atoms with E-state index in [0.717, 1.165) is 50.3 Å². The van der Waals surface area contributed by atoms with Crippen molar-refractivity contribution in [2.45, 2.75) is 18.1 Å². The zero-order chi connectivity index (χ0) is 17.6. The lowest BCUT2D eigenvalue weighted by molar-refractivity contribution is 0.586. The van der Waals surface area contributed by atoms with Crippen molar-refractivity contribution in [1.29, 1.82) is 0 Å². The zero-order valence-corrected chi connectivity index (χ0v) is 16.7. The first-order valence-electron chi connectivity index (χ1n) is 7.85. The summed E-state index contributed by atoms with van der Waals surface area (Å²) < 4.78 is 12.5. The van der Waals surface area contributed by atoms with E-state index in [4.69, 9.17) is 11.6 Å². The van der Waals surface area contributed by atoms with E-state index >= 15 is 0 Å². The molecular formula is C18H15BrClN3OS. The Bertz CT molecular complexity index is 961. The predicted molar refractivity (Wildman–Crippen MR) is 106 cm³/mol. The van der Waals surface area contributed by atoms with Crippen molar-refractivity contribution in [3.63, 3.8) is 0 Å². The maximum atomic E-state index is 11.8. The Morgan fingerprint density at radius 1 is 1.20 bits per heavy atom. The summed E-state index contributed by atoms with van der Waals surface area (Å²) in [6, 6.07) is 12.2. The summed E-state index contributed by atoms with van der Waals surface area (Å²) in [5.41, 5.74) is 3.11. The molecule has 0 fully saturated rings. The van der Waals surface area contributed by atoms with Crippen molar-refractivity contribution >= 4 is 55.2 Å². The molecule has 1 aliphatic rings. The number of anilines is 1. The summed E-state index contributed by atoms with van der Waals surface area (Å²) >= 11 is 8.77. The van der Waals surface area contributed by atoms with Crippen LogP contribution >= 0.6 is 27.5 Å². The highest BCUT2D eigenvalue weighted by Gasteiger charge is 2.25. The fourth-order valence-electron chi connectivity index (χ4n) is 3.24. The Labute approximate surface area is 162 Å². The summed E-state index contributed by atoms with van der Waals surface area (Å²) in [5.74, 6) is 0. The molecule has 1 atom stereocenters. The molecule has 25 heavy (non-hydrogen) atoms. The van der Waals surface area contributed by atoms with Gasteiger partial charge in [0.1, 0.15) is 10.9 Å². The summed E-state index contributed by atoms with van der Waals surface area (Å²) in [7, 11) is 0. The quantitative estimate of drug-likeness (QED) is 0.340. The molecule has 0 amide bonds. The Kier molecular flexibility index (Phi) is 4.62. The highest BCUT2D eigenvalue weighted by molar-refractivity contribution is 9.10. The van der Waals surface area contributed by atoms with Gasteiger partial charge in [-0.3, -0.25) is 0 Å². The average molecular weight is 437 g/mol. The smallest absolute Gasteiger partial charge is 0.343 e. The van der Waals surface area contributed by atoms with Gasteiger partial charge >= 0.3 is 5.16 Å². The molecule has 2 aromatic carbocycles. The molecule has 0 radical (unpaired) electrons. The number of halogens is 2. The van der Waals surface area contributed by atoms with Crippen LogP contribution in [0.5, 0.6) is 0 Å². The number of hydrogen-bond donors (Lipinski definition) is 0. The second-order valence-corrected chi connectivity index (χ2v) is 8.39. The molecule has 0 saturated carbocycles. The first-order valence-corrected chi connectivity index (χ1v) is 10.6. The SMILES string of the molecule is C[S+]([O-])c1nc(Br)c2c(n1)CN(c1cccc3cccc(Cl)c13)CC2. The molecule has 0 spiro atoms. The molecule has 3 aromatic rings. The summed E-state index contributed by atoms with van der Waals surface area (Å²) in [4.78, 5) is 11.1. The Balaban J connectivity index is 1.79. The Hall–Kier alpha value is -1.34. The van der Waals surface area contributed by atoms with Crippen LogP contribution in [-0.2, 0) is 24.1 Å². The molecule has 1 unspecified atom stereocenters. The number of hydrogen-bond acceptors (Lipinski definition) is 4. The van der Waals surface area contributed by atoms with E-state index < -0.39 is 11.2 Å². The second kappa shape index (κ2) is 6.76. The third kappa shape index (κ3) is 3.12. The normalized spacial score (nSPS) is 15.3. The topological polar surface area (TPSA) is 52.1 Å². The number of benzene rings is 2. The molecule has 1 aliphatic heterocycles. The van der Waals surface area contributed by atoms with Crippen molar-refractivity contribution < 1.29 is 4.55 Å². The molecule has 0 saturated heterocycles. The molecule has 128 valence electrons. The Morgan fingerprint density at radius 3 is 2.72 bits per heavy atom. The number of aromatic nitrogens is 2. The number of rotatable bonds is 2. The minimum atomic E-state index is -1.21. The predicted octanol–water partition coefficient (Wildman–Crippen LogP) is 4.35. The number of nitrogens with zero attached hydrogens (tertiary/aromatic N) is 3. The molecule has 4 rings (SSSR count). The average Bonchev–Trinajstić information content (AvgIpc) is 2.61. The minimum Gasteiger partial charge on any atom is -0.609 e. The molecule has 0 aliphatic carbocycles.